The lowest BCUT2D eigenvalue weighted by atomic mass is 10.1. The minimum atomic E-state index is -3.69. The van der Waals surface area contributed by atoms with Crippen LogP contribution in [0.5, 0.6) is 0 Å². The van der Waals surface area contributed by atoms with Gasteiger partial charge in [0.25, 0.3) is 0 Å². The van der Waals surface area contributed by atoms with Crippen molar-refractivity contribution in [2.45, 2.75) is 50.6 Å². The fourth-order valence-corrected chi connectivity index (χ4v) is 4.56. The summed E-state index contributed by atoms with van der Waals surface area (Å²) in [5.74, 6) is -0.159. The van der Waals surface area contributed by atoms with Crippen molar-refractivity contribution in [3.8, 4) is 0 Å². The van der Waals surface area contributed by atoms with Gasteiger partial charge in [0.2, 0.25) is 10.0 Å². The van der Waals surface area contributed by atoms with Crippen LogP contribution in [0.3, 0.4) is 0 Å². The molecule has 0 heterocycles. The summed E-state index contributed by atoms with van der Waals surface area (Å²) in [5, 5.41) is 2.91. The Morgan fingerprint density at radius 1 is 1.33 bits per heavy atom. The molecule has 0 radical (unpaired) electrons. The van der Waals surface area contributed by atoms with Gasteiger partial charge in [-0.3, -0.25) is 0 Å². The van der Waals surface area contributed by atoms with Crippen LogP contribution in [-0.2, 0) is 16.6 Å². The second kappa shape index (κ2) is 6.42. The predicted octanol–water partition coefficient (Wildman–Crippen LogP) is 2.32. The molecule has 1 aromatic carbocycles. The maximum Gasteiger partial charge on any atom is 0.241 e. The molecule has 1 aliphatic rings. The average Bonchev–Trinajstić information content (AvgIpc) is 2.79. The Kier molecular flexibility index (Phi) is 5.01. The fraction of sp³-hybridized carbons (Fsp3) is 0.600. The minimum absolute atomic E-state index is 0.0480. The zero-order valence-electron chi connectivity index (χ0n) is 12.7. The topological polar surface area (TPSA) is 58.2 Å². The van der Waals surface area contributed by atoms with Gasteiger partial charge in [0.1, 0.15) is 5.82 Å². The van der Waals surface area contributed by atoms with Gasteiger partial charge in [-0.2, -0.15) is 0 Å². The summed E-state index contributed by atoms with van der Waals surface area (Å²) in [4.78, 5) is 0.0480. The molecule has 118 valence electrons. The molecule has 4 nitrogen and oxygen atoms in total. The predicted molar refractivity (Wildman–Crippen MR) is 81.0 cm³/mol. The Balaban J connectivity index is 2.34. The molecule has 0 spiro atoms. The number of benzene rings is 1. The molecular weight excluding hydrogens is 291 g/mol. The highest BCUT2D eigenvalue weighted by Crippen LogP contribution is 2.28. The van der Waals surface area contributed by atoms with Crippen LogP contribution in [0.2, 0.25) is 0 Å². The molecule has 0 aromatic heterocycles. The van der Waals surface area contributed by atoms with Crippen molar-refractivity contribution >= 4 is 10.0 Å². The van der Waals surface area contributed by atoms with Crippen LogP contribution in [0, 0.1) is 18.7 Å². The molecule has 1 aromatic rings. The number of hydrogen-bond donors (Lipinski definition) is 2. The number of sulfonamides is 1. The third-order valence-electron chi connectivity index (χ3n) is 4.19. The second-order valence-electron chi connectivity index (χ2n) is 5.87. The second-order valence-corrected chi connectivity index (χ2v) is 7.55. The van der Waals surface area contributed by atoms with Crippen molar-refractivity contribution < 1.29 is 12.8 Å². The minimum Gasteiger partial charge on any atom is -0.316 e. The van der Waals surface area contributed by atoms with E-state index < -0.39 is 15.8 Å². The van der Waals surface area contributed by atoms with Crippen molar-refractivity contribution in [3.05, 3.63) is 29.1 Å². The van der Waals surface area contributed by atoms with Crippen molar-refractivity contribution in [2.24, 2.45) is 5.92 Å². The van der Waals surface area contributed by atoms with Crippen molar-refractivity contribution in [3.63, 3.8) is 0 Å². The molecule has 0 amide bonds. The summed E-state index contributed by atoms with van der Waals surface area (Å²) in [7, 11) is -1.95. The number of nitrogens with one attached hydrogen (secondary N) is 2. The Morgan fingerprint density at radius 2 is 2.05 bits per heavy atom. The molecule has 2 atom stereocenters. The first kappa shape index (κ1) is 16.4. The van der Waals surface area contributed by atoms with Crippen molar-refractivity contribution in [1.29, 1.82) is 0 Å². The molecule has 21 heavy (non-hydrogen) atoms. The normalized spacial score (nSPS) is 22.7. The molecule has 1 fully saturated rings. The van der Waals surface area contributed by atoms with E-state index in [-0.39, 0.29) is 16.5 Å². The van der Waals surface area contributed by atoms with Gasteiger partial charge < -0.3 is 5.32 Å². The Bertz CT molecular complexity index is 616. The summed E-state index contributed by atoms with van der Waals surface area (Å²) < 4.78 is 41.8. The van der Waals surface area contributed by atoms with Gasteiger partial charge in [-0.15, -0.1) is 0 Å². The highest BCUT2D eigenvalue weighted by Gasteiger charge is 2.29. The maximum atomic E-state index is 14.0. The third-order valence-corrected chi connectivity index (χ3v) is 5.81. The lowest BCUT2D eigenvalue weighted by Crippen LogP contribution is -2.36. The molecule has 6 heteroatoms. The van der Waals surface area contributed by atoms with E-state index in [2.05, 4.69) is 10.0 Å². The van der Waals surface area contributed by atoms with Gasteiger partial charge in [-0.25, -0.2) is 17.5 Å². The van der Waals surface area contributed by atoms with Crippen LogP contribution in [0.1, 0.15) is 37.3 Å². The Labute approximate surface area is 126 Å². The molecular formula is C15H23FN2O2S. The van der Waals surface area contributed by atoms with E-state index in [9.17, 15) is 12.8 Å². The Morgan fingerprint density at radius 3 is 2.62 bits per heavy atom. The SMILES string of the molecule is CNCc1cc(F)c(C)c(S(=O)(=O)NC2CCCC2C)c1. The largest absolute Gasteiger partial charge is 0.316 e. The highest BCUT2D eigenvalue weighted by atomic mass is 32.2. The van der Waals surface area contributed by atoms with Crippen molar-refractivity contribution in [1.82, 2.24) is 10.0 Å². The highest BCUT2D eigenvalue weighted by molar-refractivity contribution is 7.89. The van der Waals surface area contributed by atoms with E-state index in [4.69, 9.17) is 0 Å². The van der Waals surface area contributed by atoms with E-state index in [0.29, 0.717) is 18.0 Å². The van der Waals surface area contributed by atoms with Crippen LogP contribution in [0.15, 0.2) is 17.0 Å². The zero-order chi connectivity index (χ0) is 15.6. The summed E-state index contributed by atoms with van der Waals surface area (Å²) in [6.07, 6.45) is 2.90. The molecule has 2 unspecified atom stereocenters. The van der Waals surface area contributed by atoms with Gasteiger partial charge in [0.15, 0.2) is 0 Å². The van der Waals surface area contributed by atoms with Crippen LogP contribution in [-0.4, -0.2) is 21.5 Å². The lowest BCUT2D eigenvalue weighted by Gasteiger charge is -2.19. The van der Waals surface area contributed by atoms with Gasteiger partial charge in [0, 0.05) is 18.2 Å². The summed E-state index contributed by atoms with van der Waals surface area (Å²) >= 11 is 0. The van der Waals surface area contributed by atoms with Crippen LogP contribution in [0.25, 0.3) is 0 Å². The molecule has 1 saturated carbocycles. The average molecular weight is 314 g/mol. The first-order valence-corrected chi connectivity index (χ1v) is 8.79. The maximum absolute atomic E-state index is 14.0. The standard InChI is InChI=1S/C15H23FN2O2S/c1-10-5-4-6-14(10)18-21(19,20)15-8-12(9-17-3)7-13(16)11(15)2/h7-8,10,14,17-18H,4-6,9H2,1-3H3. The summed E-state index contributed by atoms with van der Waals surface area (Å²) in [6.45, 7) is 3.98. The van der Waals surface area contributed by atoms with Crippen LogP contribution >= 0.6 is 0 Å². The van der Waals surface area contributed by atoms with Gasteiger partial charge in [-0.05, 0) is 50.4 Å². The lowest BCUT2D eigenvalue weighted by molar-refractivity contribution is 0.475. The van der Waals surface area contributed by atoms with Crippen LogP contribution < -0.4 is 10.0 Å². The van der Waals surface area contributed by atoms with Gasteiger partial charge in [0.05, 0.1) is 4.90 Å². The fourth-order valence-electron chi connectivity index (χ4n) is 2.88. The van der Waals surface area contributed by atoms with Crippen LogP contribution in [0.4, 0.5) is 4.39 Å². The van der Waals surface area contributed by atoms with E-state index in [1.807, 2.05) is 6.92 Å². The van der Waals surface area contributed by atoms with Gasteiger partial charge in [-0.1, -0.05) is 13.3 Å². The molecule has 0 aliphatic heterocycles. The molecule has 2 rings (SSSR count). The van der Waals surface area contributed by atoms with E-state index in [1.54, 1.807) is 13.1 Å². The quantitative estimate of drug-likeness (QED) is 0.877. The van der Waals surface area contributed by atoms with E-state index >= 15 is 0 Å². The third kappa shape index (κ3) is 3.62. The first-order valence-electron chi connectivity index (χ1n) is 7.31. The van der Waals surface area contributed by atoms with E-state index in [1.165, 1.54) is 13.0 Å². The molecule has 0 bridgehead atoms. The smallest absolute Gasteiger partial charge is 0.241 e. The summed E-state index contributed by atoms with van der Waals surface area (Å²) in [5.41, 5.74) is 0.799. The number of hydrogen-bond acceptors (Lipinski definition) is 3. The molecule has 1 aliphatic carbocycles. The van der Waals surface area contributed by atoms with Crippen molar-refractivity contribution in [2.75, 3.05) is 7.05 Å². The monoisotopic (exact) mass is 314 g/mol. The summed E-state index contributed by atoms with van der Waals surface area (Å²) in [6, 6.07) is 2.88. The van der Waals surface area contributed by atoms with Gasteiger partial charge >= 0.3 is 0 Å². The first-order chi connectivity index (χ1) is 9.85. The van der Waals surface area contributed by atoms with E-state index in [0.717, 1.165) is 19.3 Å². The number of halogens is 1. The zero-order valence-corrected chi connectivity index (χ0v) is 13.6. The molecule has 0 saturated heterocycles. The Hall–Kier alpha value is -0.980. The number of rotatable bonds is 5. The molecule has 2 N–H and O–H groups in total.